The molecule has 1 atom stereocenters. The normalized spacial score (nSPS) is 16.7. The molecule has 1 saturated heterocycles. The molecule has 0 bridgehead atoms. The van der Waals surface area contributed by atoms with E-state index in [2.05, 4.69) is 76.0 Å². The van der Waals surface area contributed by atoms with Crippen LogP contribution in [0.25, 0.3) is 5.69 Å². The number of aryl methyl sites for hydroxylation is 2. The largest absolute Gasteiger partial charge is 0.351 e. The van der Waals surface area contributed by atoms with E-state index in [1.807, 2.05) is 12.1 Å². The quantitative estimate of drug-likeness (QED) is 0.590. The molecule has 0 spiro atoms. The molecule has 156 valence electrons. The zero-order valence-corrected chi connectivity index (χ0v) is 18.1. The van der Waals surface area contributed by atoms with Gasteiger partial charge in [-0.1, -0.05) is 48.2 Å². The molecule has 1 aromatic heterocycles. The summed E-state index contributed by atoms with van der Waals surface area (Å²) in [5.74, 6) is 0.307. The fourth-order valence-corrected chi connectivity index (χ4v) is 4.33. The first-order valence-electron chi connectivity index (χ1n) is 10.1. The van der Waals surface area contributed by atoms with E-state index in [1.54, 1.807) is 4.68 Å². The van der Waals surface area contributed by atoms with Crippen molar-refractivity contribution in [1.29, 1.82) is 0 Å². The van der Waals surface area contributed by atoms with Crippen LogP contribution in [0.3, 0.4) is 0 Å². The van der Waals surface area contributed by atoms with Crippen molar-refractivity contribution in [3.8, 4) is 5.69 Å². The highest BCUT2D eigenvalue weighted by atomic mass is 32.2. The summed E-state index contributed by atoms with van der Waals surface area (Å²) < 4.78 is 1.68. The van der Waals surface area contributed by atoms with Gasteiger partial charge < -0.3 is 5.32 Å². The van der Waals surface area contributed by atoms with Gasteiger partial charge in [0.2, 0.25) is 11.1 Å². The van der Waals surface area contributed by atoms with Gasteiger partial charge in [-0.3, -0.25) is 9.69 Å². The lowest BCUT2D eigenvalue weighted by molar-refractivity contribution is -0.119. The Hall–Kier alpha value is -2.71. The Morgan fingerprint density at radius 2 is 2.00 bits per heavy atom. The number of carbonyl (C=O) groups excluding carboxylic acids is 1. The van der Waals surface area contributed by atoms with E-state index in [0.717, 1.165) is 31.7 Å². The predicted octanol–water partition coefficient (Wildman–Crippen LogP) is 2.76. The lowest BCUT2D eigenvalue weighted by atomic mass is 10.1. The van der Waals surface area contributed by atoms with Crippen LogP contribution in [0.15, 0.2) is 53.7 Å². The summed E-state index contributed by atoms with van der Waals surface area (Å²) >= 11 is 1.35. The molecule has 8 heteroatoms. The first-order chi connectivity index (χ1) is 14.6. The van der Waals surface area contributed by atoms with Crippen molar-refractivity contribution in [3.63, 3.8) is 0 Å². The molecule has 0 saturated carbocycles. The number of nitrogens with zero attached hydrogens (tertiary/aromatic N) is 5. The number of hydrogen-bond acceptors (Lipinski definition) is 6. The lowest BCUT2D eigenvalue weighted by Gasteiger charge is -2.16. The maximum absolute atomic E-state index is 12.5. The van der Waals surface area contributed by atoms with Crippen LogP contribution in [-0.4, -0.2) is 55.9 Å². The van der Waals surface area contributed by atoms with Crippen LogP contribution in [0, 0.1) is 13.8 Å². The molecule has 7 nitrogen and oxygen atoms in total. The third kappa shape index (κ3) is 5.06. The molecule has 1 N–H and O–H groups in total. The van der Waals surface area contributed by atoms with E-state index in [-0.39, 0.29) is 11.9 Å². The summed E-state index contributed by atoms with van der Waals surface area (Å²) in [5, 5.41) is 15.7. The highest BCUT2D eigenvalue weighted by Crippen LogP contribution is 2.20. The number of aromatic nitrogens is 4. The molecule has 0 unspecified atom stereocenters. The molecule has 1 aliphatic rings. The predicted molar refractivity (Wildman–Crippen MR) is 118 cm³/mol. The van der Waals surface area contributed by atoms with Gasteiger partial charge in [-0.15, -0.1) is 5.10 Å². The lowest BCUT2D eigenvalue weighted by Crippen LogP contribution is -2.38. The second-order valence-electron chi connectivity index (χ2n) is 7.70. The third-order valence-corrected chi connectivity index (χ3v) is 6.31. The number of tetrazole rings is 1. The molecule has 2 heterocycles. The van der Waals surface area contributed by atoms with Crippen LogP contribution in [0.5, 0.6) is 0 Å². The number of nitrogens with one attached hydrogen (secondary N) is 1. The van der Waals surface area contributed by atoms with Crippen LogP contribution >= 0.6 is 11.8 Å². The molecule has 1 amide bonds. The zero-order valence-electron chi connectivity index (χ0n) is 17.3. The van der Waals surface area contributed by atoms with Crippen LogP contribution < -0.4 is 5.32 Å². The van der Waals surface area contributed by atoms with E-state index in [0.29, 0.717) is 10.9 Å². The van der Waals surface area contributed by atoms with Crippen molar-refractivity contribution in [1.82, 2.24) is 30.4 Å². The number of benzene rings is 2. The minimum Gasteiger partial charge on any atom is -0.351 e. The fraction of sp³-hybridized carbons (Fsp3) is 0.364. The van der Waals surface area contributed by atoms with Crippen LogP contribution in [0.2, 0.25) is 0 Å². The molecular formula is C22H26N6OS. The van der Waals surface area contributed by atoms with Crippen molar-refractivity contribution < 1.29 is 4.79 Å². The summed E-state index contributed by atoms with van der Waals surface area (Å²) in [6.07, 6.45) is 0.976. The molecular weight excluding hydrogens is 396 g/mol. The van der Waals surface area contributed by atoms with Gasteiger partial charge in [0, 0.05) is 25.7 Å². The average molecular weight is 423 g/mol. The maximum atomic E-state index is 12.5. The Bertz CT molecular complexity index is 1010. The van der Waals surface area contributed by atoms with E-state index >= 15 is 0 Å². The average Bonchev–Trinajstić information content (AvgIpc) is 3.39. The van der Waals surface area contributed by atoms with E-state index in [1.165, 1.54) is 28.5 Å². The summed E-state index contributed by atoms with van der Waals surface area (Å²) in [7, 11) is 0. The molecule has 0 aliphatic carbocycles. The number of likely N-dealkylation sites (tertiary alicyclic amines) is 1. The molecule has 3 aromatic rings. The first kappa shape index (κ1) is 20.6. The minimum absolute atomic E-state index is 0.0150. The number of amides is 1. The Kier molecular flexibility index (Phi) is 6.44. The smallest absolute Gasteiger partial charge is 0.230 e. The Labute approximate surface area is 180 Å². The highest BCUT2D eigenvalue weighted by molar-refractivity contribution is 7.99. The van der Waals surface area contributed by atoms with Gasteiger partial charge in [0.15, 0.2) is 0 Å². The van der Waals surface area contributed by atoms with Crippen LogP contribution in [0.4, 0.5) is 0 Å². The van der Waals surface area contributed by atoms with Crippen molar-refractivity contribution >= 4 is 17.7 Å². The number of carbonyl (C=O) groups is 1. The van der Waals surface area contributed by atoms with Gasteiger partial charge in [-0.05, 0) is 59.5 Å². The Morgan fingerprint density at radius 3 is 2.80 bits per heavy atom. The minimum atomic E-state index is 0.0150. The van der Waals surface area contributed by atoms with Gasteiger partial charge >= 0.3 is 0 Å². The number of thioether (sulfide) groups is 1. The van der Waals surface area contributed by atoms with E-state index in [4.69, 9.17) is 0 Å². The molecule has 2 aromatic carbocycles. The van der Waals surface area contributed by atoms with Gasteiger partial charge in [-0.2, -0.15) is 4.68 Å². The van der Waals surface area contributed by atoms with Gasteiger partial charge in [-0.25, -0.2) is 0 Å². The molecule has 4 rings (SSSR count). The first-order valence-corrected chi connectivity index (χ1v) is 11.1. The second-order valence-corrected chi connectivity index (χ2v) is 8.65. The van der Waals surface area contributed by atoms with Gasteiger partial charge in [0.1, 0.15) is 0 Å². The Morgan fingerprint density at radius 1 is 1.17 bits per heavy atom. The molecule has 0 radical (unpaired) electrons. The number of rotatable bonds is 7. The fourth-order valence-electron chi connectivity index (χ4n) is 3.62. The Balaban J connectivity index is 1.28. The summed E-state index contributed by atoms with van der Waals surface area (Å²) in [6.45, 7) is 6.94. The SMILES string of the molecule is Cc1ccc(-n2nnnc2SCC(=O)N[C@@H]2CCN(Cc3ccccc3)C2)cc1C. The third-order valence-electron chi connectivity index (χ3n) is 5.39. The molecule has 30 heavy (non-hydrogen) atoms. The topological polar surface area (TPSA) is 75.9 Å². The summed E-state index contributed by atoms with van der Waals surface area (Å²) in [6, 6.07) is 16.7. The van der Waals surface area contributed by atoms with Crippen LogP contribution in [-0.2, 0) is 11.3 Å². The monoisotopic (exact) mass is 422 g/mol. The standard InChI is InChI=1S/C22H26N6OS/c1-16-8-9-20(12-17(16)2)28-22(24-25-26-28)30-15-21(29)23-19-10-11-27(14-19)13-18-6-4-3-5-7-18/h3-9,12,19H,10-11,13-15H2,1-2H3,(H,23,29)/t19-/m1/s1. The highest BCUT2D eigenvalue weighted by Gasteiger charge is 2.24. The summed E-state index contributed by atoms with van der Waals surface area (Å²) in [4.78, 5) is 14.9. The summed E-state index contributed by atoms with van der Waals surface area (Å²) in [5.41, 5.74) is 4.60. The molecule has 1 aliphatic heterocycles. The number of hydrogen-bond donors (Lipinski definition) is 1. The van der Waals surface area contributed by atoms with Gasteiger partial charge in [0.05, 0.1) is 11.4 Å². The maximum Gasteiger partial charge on any atom is 0.230 e. The van der Waals surface area contributed by atoms with E-state index < -0.39 is 0 Å². The van der Waals surface area contributed by atoms with Crippen molar-refractivity contribution in [2.24, 2.45) is 0 Å². The van der Waals surface area contributed by atoms with Crippen molar-refractivity contribution in [2.75, 3.05) is 18.8 Å². The van der Waals surface area contributed by atoms with E-state index in [9.17, 15) is 4.79 Å². The van der Waals surface area contributed by atoms with Gasteiger partial charge in [0.25, 0.3) is 0 Å². The van der Waals surface area contributed by atoms with Crippen molar-refractivity contribution in [2.45, 2.75) is 38.0 Å². The van der Waals surface area contributed by atoms with Crippen molar-refractivity contribution in [3.05, 3.63) is 65.2 Å². The molecule has 1 fully saturated rings. The second kappa shape index (κ2) is 9.40. The van der Waals surface area contributed by atoms with Crippen LogP contribution in [0.1, 0.15) is 23.1 Å². The zero-order chi connectivity index (χ0) is 20.9.